The zero-order chi connectivity index (χ0) is 17.3. The number of hydrogen-bond acceptors (Lipinski definition) is 2. The largest absolute Gasteiger partial charge is 0.323 e. The number of rotatable bonds is 3. The van der Waals surface area contributed by atoms with E-state index in [1.54, 1.807) is 36.4 Å². The number of amides is 2. The number of nitrogens with one attached hydrogen (secondary N) is 1. The molecule has 1 unspecified atom stereocenters. The van der Waals surface area contributed by atoms with Crippen LogP contribution in [0.1, 0.15) is 12.0 Å². The number of para-hydroxylation sites is 1. The molecule has 24 heavy (non-hydrogen) atoms. The number of carbonyl (C=O) groups excluding carboxylic acids is 2. The summed E-state index contributed by atoms with van der Waals surface area (Å²) in [5, 5.41) is 3.03. The Morgan fingerprint density at radius 1 is 1.29 bits per heavy atom. The fourth-order valence-corrected chi connectivity index (χ4v) is 2.99. The van der Waals surface area contributed by atoms with Crippen LogP contribution in [0.5, 0.6) is 0 Å². The van der Waals surface area contributed by atoms with Crippen LogP contribution in [0, 0.1) is 18.7 Å². The molecule has 2 aromatic rings. The maximum atomic E-state index is 13.8. The number of halogens is 2. The highest BCUT2D eigenvalue weighted by atomic mass is 35.5. The van der Waals surface area contributed by atoms with Crippen molar-refractivity contribution in [2.75, 3.05) is 16.8 Å². The number of benzene rings is 2. The van der Waals surface area contributed by atoms with E-state index in [0.717, 1.165) is 5.56 Å². The van der Waals surface area contributed by atoms with E-state index < -0.39 is 11.7 Å². The van der Waals surface area contributed by atoms with E-state index in [1.165, 1.54) is 11.0 Å². The van der Waals surface area contributed by atoms with Crippen LogP contribution in [0.25, 0.3) is 0 Å². The van der Waals surface area contributed by atoms with Gasteiger partial charge in [-0.1, -0.05) is 29.8 Å². The second-order valence-corrected chi connectivity index (χ2v) is 6.24. The van der Waals surface area contributed by atoms with Gasteiger partial charge in [-0.25, -0.2) is 4.39 Å². The molecular weight excluding hydrogens is 331 g/mol. The molecule has 1 saturated heterocycles. The lowest BCUT2D eigenvalue weighted by Crippen LogP contribution is -2.28. The van der Waals surface area contributed by atoms with E-state index in [4.69, 9.17) is 11.6 Å². The molecule has 1 aliphatic rings. The van der Waals surface area contributed by atoms with Crippen molar-refractivity contribution in [1.82, 2.24) is 0 Å². The van der Waals surface area contributed by atoms with Crippen molar-refractivity contribution in [3.05, 3.63) is 58.9 Å². The van der Waals surface area contributed by atoms with Gasteiger partial charge in [0, 0.05) is 13.0 Å². The summed E-state index contributed by atoms with van der Waals surface area (Å²) in [5.74, 6) is -1.59. The molecule has 1 atom stereocenters. The smallest absolute Gasteiger partial charge is 0.229 e. The predicted octanol–water partition coefficient (Wildman–Crippen LogP) is 3.78. The number of nitrogens with zero attached hydrogens (tertiary/aromatic N) is 1. The quantitative estimate of drug-likeness (QED) is 0.919. The average molecular weight is 347 g/mol. The summed E-state index contributed by atoms with van der Waals surface area (Å²) in [6, 6.07) is 11.5. The van der Waals surface area contributed by atoms with Crippen LogP contribution in [-0.4, -0.2) is 18.4 Å². The van der Waals surface area contributed by atoms with Crippen molar-refractivity contribution in [3.8, 4) is 0 Å². The number of carbonyl (C=O) groups is 2. The standard InChI is InChI=1S/C18H16ClFN2O2/c1-11-6-7-14(20)15(8-11)21-18(24)12-9-17(23)22(10-12)16-5-3-2-4-13(16)19/h2-8,12H,9-10H2,1H3,(H,21,24). The molecule has 1 heterocycles. The minimum Gasteiger partial charge on any atom is -0.323 e. The lowest BCUT2D eigenvalue weighted by atomic mass is 10.1. The van der Waals surface area contributed by atoms with Crippen LogP contribution in [0.2, 0.25) is 5.02 Å². The van der Waals surface area contributed by atoms with E-state index in [1.807, 2.05) is 6.92 Å². The number of aryl methyl sites for hydroxylation is 1. The van der Waals surface area contributed by atoms with Crippen LogP contribution in [0.4, 0.5) is 15.8 Å². The lowest BCUT2D eigenvalue weighted by Gasteiger charge is -2.18. The highest BCUT2D eigenvalue weighted by Crippen LogP contribution is 2.31. The van der Waals surface area contributed by atoms with Crippen molar-refractivity contribution in [2.24, 2.45) is 5.92 Å². The fraction of sp³-hybridized carbons (Fsp3) is 0.222. The third-order valence-corrected chi connectivity index (χ3v) is 4.34. The molecule has 124 valence electrons. The van der Waals surface area contributed by atoms with Gasteiger partial charge >= 0.3 is 0 Å². The first-order chi connectivity index (χ1) is 11.5. The molecule has 0 aliphatic carbocycles. The van der Waals surface area contributed by atoms with Crippen molar-refractivity contribution in [2.45, 2.75) is 13.3 Å². The van der Waals surface area contributed by atoms with E-state index >= 15 is 0 Å². The second kappa shape index (κ2) is 6.61. The van der Waals surface area contributed by atoms with Gasteiger partial charge in [-0.15, -0.1) is 0 Å². The SMILES string of the molecule is Cc1ccc(F)c(NC(=O)C2CC(=O)N(c3ccccc3Cl)C2)c1. The first kappa shape index (κ1) is 16.5. The molecule has 0 bridgehead atoms. The monoisotopic (exact) mass is 346 g/mol. The maximum Gasteiger partial charge on any atom is 0.229 e. The minimum atomic E-state index is -0.548. The Morgan fingerprint density at radius 2 is 2.04 bits per heavy atom. The molecule has 0 saturated carbocycles. The summed E-state index contributed by atoms with van der Waals surface area (Å²) < 4.78 is 13.8. The van der Waals surface area contributed by atoms with Crippen LogP contribution in [0.3, 0.4) is 0 Å². The van der Waals surface area contributed by atoms with Crippen LogP contribution in [-0.2, 0) is 9.59 Å². The lowest BCUT2D eigenvalue weighted by molar-refractivity contribution is -0.122. The van der Waals surface area contributed by atoms with E-state index in [-0.39, 0.29) is 30.5 Å². The summed E-state index contributed by atoms with van der Waals surface area (Å²) >= 11 is 6.12. The Balaban J connectivity index is 1.75. The molecule has 1 aliphatic heterocycles. The molecular formula is C18H16ClFN2O2. The summed E-state index contributed by atoms with van der Waals surface area (Å²) in [4.78, 5) is 26.1. The van der Waals surface area contributed by atoms with Crippen LogP contribution >= 0.6 is 11.6 Å². The van der Waals surface area contributed by atoms with Crippen molar-refractivity contribution in [3.63, 3.8) is 0 Å². The van der Waals surface area contributed by atoms with Gasteiger partial charge < -0.3 is 10.2 Å². The Kier molecular flexibility index (Phi) is 4.53. The average Bonchev–Trinajstić information content (AvgIpc) is 2.93. The third kappa shape index (κ3) is 3.26. The highest BCUT2D eigenvalue weighted by Gasteiger charge is 2.36. The van der Waals surface area contributed by atoms with Gasteiger partial charge in [0.2, 0.25) is 11.8 Å². The Bertz CT molecular complexity index is 809. The van der Waals surface area contributed by atoms with Crippen molar-refractivity contribution < 1.29 is 14.0 Å². The Labute approximate surface area is 144 Å². The van der Waals surface area contributed by atoms with Gasteiger partial charge in [-0.3, -0.25) is 9.59 Å². The predicted molar refractivity (Wildman–Crippen MR) is 91.7 cm³/mol. The topological polar surface area (TPSA) is 49.4 Å². The van der Waals surface area contributed by atoms with Gasteiger partial charge in [0.15, 0.2) is 0 Å². The normalized spacial score (nSPS) is 17.2. The van der Waals surface area contributed by atoms with Gasteiger partial charge in [-0.2, -0.15) is 0 Å². The number of hydrogen-bond donors (Lipinski definition) is 1. The van der Waals surface area contributed by atoms with Crippen molar-refractivity contribution >= 4 is 34.8 Å². The van der Waals surface area contributed by atoms with Gasteiger partial charge in [0.1, 0.15) is 5.82 Å². The summed E-state index contributed by atoms with van der Waals surface area (Å²) in [6.45, 7) is 2.04. The van der Waals surface area contributed by atoms with Gasteiger partial charge in [0.25, 0.3) is 0 Å². The molecule has 4 nitrogen and oxygen atoms in total. The van der Waals surface area contributed by atoms with Gasteiger partial charge in [-0.05, 0) is 36.8 Å². The molecule has 3 rings (SSSR count). The summed E-state index contributed by atoms with van der Waals surface area (Å²) in [6.07, 6.45) is 0.0739. The summed E-state index contributed by atoms with van der Waals surface area (Å²) in [7, 11) is 0. The second-order valence-electron chi connectivity index (χ2n) is 5.83. The molecule has 0 radical (unpaired) electrons. The van der Waals surface area contributed by atoms with Gasteiger partial charge in [0.05, 0.1) is 22.3 Å². The Morgan fingerprint density at radius 3 is 2.79 bits per heavy atom. The molecule has 2 amide bonds. The van der Waals surface area contributed by atoms with E-state index in [0.29, 0.717) is 10.7 Å². The number of anilines is 2. The molecule has 0 spiro atoms. The molecule has 1 N–H and O–H groups in total. The third-order valence-electron chi connectivity index (χ3n) is 4.02. The van der Waals surface area contributed by atoms with Crippen LogP contribution < -0.4 is 10.2 Å². The molecule has 0 aromatic heterocycles. The Hall–Kier alpha value is -2.40. The zero-order valence-corrected chi connectivity index (χ0v) is 13.8. The first-order valence-electron chi connectivity index (χ1n) is 7.57. The highest BCUT2D eigenvalue weighted by molar-refractivity contribution is 6.33. The van der Waals surface area contributed by atoms with E-state index in [2.05, 4.69) is 5.32 Å². The maximum absolute atomic E-state index is 13.8. The molecule has 6 heteroatoms. The summed E-state index contributed by atoms with van der Waals surface area (Å²) in [5.41, 5.74) is 1.55. The minimum absolute atomic E-state index is 0.0739. The van der Waals surface area contributed by atoms with Crippen molar-refractivity contribution in [1.29, 1.82) is 0 Å². The van der Waals surface area contributed by atoms with Crippen LogP contribution in [0.15, 0.2) is 42.5 Å². The fourth-order valence-electron chi connectivity index (χ4n) is 2.76. The molecule has 2 aromatic carbocycles. The first-order valence-corrected chi connectivity index (χ1v) is 7.95. The van der Waals surface area contributed by atoms with E-state index in [9.17, 15) is 14.0 Å². The zero-order valence-electron chi connectivity index (χ0n) is 13.1. The molecule has 1 fully saturated rings.